The Labute approximate surface area is 89.5 Å². The largest absolute Gasteiger partial charge is 0.393 e. The van der Waals surface area contributed by atoms with E-state index in [1.54, 1.807) is 4.68 Å². The van der Waals surface area contributed by atoms with E-state index in [9.17, 15) is 4.79 Å². The van der Waals surface area contributed by atoms with Gasteiger partial charge in [0, 0.05) is 0 Å². The van der Waals surface area contributed by atoms with Crippen molar-refractivity contribution in [3.8, 4) is 0 Å². The van der Waals surface area contributed by atoms with E-state index in [1.807, 2.05) is 13.8 Å². The Morgan fingerprint density at radius 1 is 1.40 bits per heavy atom. The van der Waals surface area contributed by atoms with Crippen molar-refractivity contribution < 1.29 is 0 Å². The average molecular weight is 209 g/mol. The molecule has 1 aliphatic rings. The molecule has 1 aromatic heterocycles. The van der Waals surface area contributed by atoms with Gasteiger partial charge in [-0.05, 0) is 18.8 Å². The van der Waals surface area contributed by atoms with E-state index in [0.29, 0.717) is 11.7 Å². The first-order valence-electron chi connectivity index (χ1n) is 5.71. The lowest BCUT2D eigenvalue weighted by atomic mass is 10.1. The van der Waals surface area contributed by atoms with Crippen LogP contribution in [-0.2, 0) is 0 Å². The molecule has 84 valence electrons. The predicted octanol–water partition coefficient (Wildman–Crippen LogP) is 2.00. The summed E-state index contributed by atoms with van der Waals surface area (Å²) in [5.74, 6) is 0.278. The van der Waals surface area contributed by atoms with Gasteiger partial charge < -0.3 is 5.73 Å². The van der Waals surface area contributed by atoms with Crippen LogP contribution in [0.15, 0.2) is 4.79 Å². The predicted molar refractivity (Wildman–Crippen MR) is 61.1 cm³/mol. The number of nitrogens with one attached hydrogen (secondary N) is 1. The van der Waals surface area contributed by atoms with Crippen molar-refractivity contribution in [2.45, 2.75) is 51.5 Å². The van der Waals surface area contributed by atoms with Crippen molar-refractivity contribution in [1.82, 2.24) is 9.78 Å². The third kappa shape index (κ3) is 1.68. The lowest BCUT2D eigenvalue weighted by Crippen LogP contribution is -2.21. The first kappa shape index (κ1) is 10.3. The van der Waals surface area contributed by atoms with E-state index in [4.69, 9.17) is 5.73 Å². The molecule has 0 bridgehead atoms. The van der Waals surface area contributed by atoms with E-state index >= 15 is 0 Å². The van der Waals surface area contributed by atoms with Gasteiger partial charge in [-0.1, -0.05) is 26.7 Å². The van der Waals surface area contributed by atoms with Crippen LogP contribution in [0.2, 0.25) is 0 Å². The molecule has 0 aromatic carbocycles. The van der Waals surface area contributed by atoms with Crippen molar-refractivity contribution in [3.63, 3.8) is 0 Å². The van der Waals surface area contributed by atoms with E-state index in [1.165, 1.54) is 12.8 Å². The van der Waals surface area contributed by atoms with Gasteiger partial charge in [0.25, 0.3) is 5.56 Å². The van der Waals surface area contributed by atoms with Crippen LogP contribution in [0.3, 0.4) is 0 Å². The molecule has 1 saturated carbocycles. The van der Waals surface area contributed by atoms with Gasteiger partial charge in [-0.15, -0.1) is 0 Å². The van der Waals surface area contributed by atoms with E-state index in [0.717, 1.165) is 18.5 Å². The number of aromatic nitrogens is 2. The number of hydrogen-bond donors (Lipinski definition) is 2. The maximum atomic E-state index is 11.9. The molecule has 1 heterocycles. The minimum Gasteiger partial charge on any atom is -0.393 e. The van der Waals surface area contributed by atoms with Crippen LogP contribution in [0.25, 0.3) is 0 Å². The molecule has 4 heteroatoms. The maximum absolute atomic E-state index is 11.9. The Hall–Kier alpha value is -1.19. The fourth-order valence-electron chi connectivity index (χ4n) is 2.35. The van der Waals surface area contributed by atoms with Gasteiger partial charge in [0.2, 0.25) is 0 Å². The molecule has 1 aromatic rings. The van der Waals surface area contributed by atoms with Crippen LogP contribution in [0.1, 0.15) is 57.2 Å². The molecule has 0 saturated heterocycles. The monoisotopic (exact) mass is 209 g/mol. The highest BCUT2D eigenvalue weighted by Crippen LogP contribution is 2.29. The number of aromatic amines is 1. The number of rotatable bonds is 2. The second kappa shape index (κ2) is 3.76. The van der Waals surface area contributed by atoms with Crippen molar-refractivity contribution in [2.24, 2.45) is 0 Å². The third-order valence-corrected chi connectivity index (χ3v) is 3.25. The molecule has 3 N–H and O–H groups in total. The SMILES string of the molecule is CC(C)c1[nH]n(C2CCCC2)c(=O)c1N. The Balaban J connectivity index is 2.40. The van der Waals surface area contributed by atoms with Crippen LogP contribution >= 0.6 is 0 Å². The Morgan fingerprint density at radius 2 is 2.00 bits per heavy atom. The summed E-state index contributed by atoms with van der Waals surface area (Å²) in [6, 6.07) is 0.340. The maximum Gasteiger partial charge on any atom is 0.290 e. The second-order valence-electron chi connectivity index (χ2n) is 4.71. The van der Waals surface area contributed by atoms with Gasteiger partial charge in [-0.2, -0.15) is 0 Å². The van der Waals surface area contributed by atoms with Crippen molar-refractivity contribution in [3.05, 3.63) is 16.0 Å². The zero-order valence-electron chi connectivity index (χ0n) is 9.42. The summed E-state index contributed by atoms with van der Waals surface area (Å²) >= 11 is 0. The van der Waals surface area contributed by atoms with E-state index in [-0.39, 0.29) is 11.5 Å². The lowest BCUT2D eigenvalue weighted by molar-refractivity contribution is 0.449. The first-order chi connectivity index (χ1) is 7.11. The molecular formula is C11H19N3O. The molecule has 0 radical (unpaired) electrons. The lowest BCUT2D eigenvalue weighted by Gasteiger charge is -2.09. The van der Waals surface area contributed by atoms with Crippen molar-refractivity contribution in [1.29, 1.82) is 0 Å². The summed E-state index contributed by atoms with van der Waals surface area (Å²) in [5.41, 5.74) is 7.05. The molecule has 0 amide bonds. The quantitative estimate of drug-likeness (QED) is 0.782. The molecule has 1 fully saturated rings. The highest BCUT2D eigenvalue weighted by Gasteiger charge is 2.22. The molecule has 0 aliphatic heterocycles. The van der Waals surface area contributed by atoms with Crippen LogP contribution in [0, 0.1) is 0 Å². The van der Waals surface area contributed by atoms with Gasteiger partial charge in [0.1, 0.15) is 5.69 Å². The number of nitrogens with two attached hydrogens (primary N) is 1. The fraction of sp³-hybridized carbons (Fsp3) is 0.727. The van der Waals surface area contributed by atoms with Gasteiger partial charge in [-0.25, -0.2) is 4.68 Å². The number of nitrogen functional groups attached to an aromatic ring is 1. The topological polar surface area (TPSA) is 63.8 Å². The third-order valence-electron chi connectivity index (χ3n) is 3.25. The Morgan fingerprint density at radius 3 is 2.47 bits per heavy atom. The second-order valence-corrected chi connectivity index (χ2v) is 4.71. The van der Waals surface area contributed by atoms with Crippen LogP contribution in [0.5, 0.6) is 0 Å². The average Bonchev–Trinajstić information content (AvgIpc) is 2.77. The van der Waals surface area contributed by atoms with Crippen molar-refractivity contribution in [2.75, 3.05) is 5.73 Å². The van der Waals surface area contributed by atoms with E-state index in [2.05, 4.69) is 5.10 Å². The summed E-state index contributed by atoms with van der Waals surface area (Å²) < 4.78 is 1.73. The smallest absolute Gasteiger partial charge is 0.290 e. The molecule has 0 spiro atoms. The minimum absolute atomic E-state index is 0.0365. The Kier molecular flexibility index (Phi) is 2.59. The van der Waals surface area contributed by atoms with Gasteiger partial charge in [0.15, 0.2) is 0 Å². The van der Waals surface area contributed by atoms with Gasteiger partial charge >= 0.3 is 0 Å². The fourth-order valence-corrected chi connectivity index (χ4v) is 2.35. The number of nitrogens with zero attached hydrogens (tertiary/aromatic N) is 1. The molecule has 1 aliphatic carbocycles. The summed E-state index contributed by atoms with van der Waals surface area (Å²) in [5, 5.41) is 3.17. The molecule has 4 nitrogen and oxygen atoms in total. The summed E-state index contributed by atoms with van der Waals surface area (Å²) in [7, 11) is 0. The summed E-state index contributed by atoms with van der Waals surface area (Å²) in [6.45, 7) is 4.08. The molecular weight excluding hydrogens is 190 g/mol. The highest BCUT2D eigenvalue weighted by molar-refractivity contribution is 5.42. The van der Waals surface area contributed by atoms with E-state index < -0.39 is 0 Å². The molecule has 15 heavy (non-hydrogen) atoms. The zero-order chi connectivity index (χ0) is 11.0. The first-order valence-corrected chi connectivity index (χ1v) is 5.71. The molecule has 0 atom stereocenters. The number of anilines is 1. The Bertz CT molecular complexity index is 396. The van der Waals surface area contributed by atoms with Gasteiger partial charge in [0.05, 0.1) is 11.7 Å². The van der Waals surface area contributed by atoms with Crippen LogP contribution < -0.4 is 11.3 Å². The summed E-state index contributed by atoms with van der Waals surface area (Å²) in [4.78, 5) is 11.9. The standard InChI is InChI=1S/C11H19N3O/c1-7(2)10-9(12)11(15)14(13-10)8-5-3-4-6-8/h7-8,13H,3-6,12H2,1-2H3. The molecule has 2 rings (SSSR count). The van der Waals surface area contributed by atoms with Gasteiger partial charge in [-0.3, -0.25) is 9.89 Å². The highest BCUT2D eigenvalue weighted by atomic mass is 16.1. The van der Waals surface area contributed by atoms with Crippen LogP contribution in [-0.4, -0.2) is 9.78 Å². The summed E-state index contributed by atoms with van der Waals surface area (Å²) in [6.07, 6.45) is 4.62. The minimum atomic E-state index is -0.0365. The number of H-pyrrole nitrogens is 1. The normalized spacial score (nSPS) is 17.8. The van der Waals surface area contributed by atoms with Crippen molar-refractivity contribution >= 4 is 5.69 Å². The molecule has 0 unspecified atom stereocenters. The number of hydrogen-bond acceptors (Lipinski definition) is 2. The zero-order valence-corrected chi connectivity index (χ0v) is 9.42. The van der Waals surface area contributed by atoms with Crippen LogP contribution in [0.4, 0.5) is 5.69 Å².